The van der Waals surface area contributed by atoms with Gasteiger partial charge in [0.1, 0.15) is 0 Å². The highest BCUT2D eigenvalue weighted by Gasteiger charge is 2.35. The molecule has 3 rings (SSSR count). The van der Waals surface area contributed by atoms with Gasteiger partial charge in [-0.1, -0.05) is 6.07 Å². The van der Waals surface area contributed by atoms with Crippen molar-refractivity contribution in [3.63, 3.8) is 0 Å². The van der Waals surface area contributed by atoms with Crippen molar-refractivity contribution in [1.29, 1.82) is 0 Å². The minimum Gasteiger partial charge on any atom is -0.454 e. The zero-order chi connectivity index (χ0) is 11.9. The molecule has 1 N–H and O–H groups in total. The van der Waals surface area contributed by atoms with Gasteiger partial charge < -0.3 is 9.47 Å². The van der Waals surface area contributed by atoms with E-state index in [4.69, 9.17) is 9.47 Å². The van der Waals surface area contributed by atoms with Gasteiger partial charge in [-0.2, -0.15) is 0 Å². The van der Waals surface area contributed by atoms with Crippen molar-refractivity contribution in [3.8, 4) is 11.5 Å². The smallest absolute Gasteiger partial charge is 0.231 e. The van der Waals surface area contributed by atoms with Crippen LogP contribution in [0.5, 0.6) is 11.5 Å². The molecule has 17 heavy (non-hydrogen) atoms. The lowest BCUT2D eigenvalue weighted by molar-refractivity contribution is 0.174. The van der Waals surface area contributed by atoms with Crippen molar-refractivity contribution in [2.24, 2.45) is 0 Å². The summed E-state index contributed by atoms with van der Waals surface area (Å²) in [6.07, 6.45) is 1.55. The summed E-state index contributed by atoms with van der Waals surface area (Å²) in [6, 6.07) is 5.43. The van der Waals surface area contributed by atoms with Crippen LogP contribution in [0.15, 0.2) is 18.2 Å². The van der Waals surface area contributed by atoms with E-state index in [9.17, 15) is 8.42 Å². The Bertz CT molecular complexity index is 536. The Kier molecular flexibility index (Phi) is 2.48. The van der Waals surface area contributed by atoms with Crippen molar-refractivity contribution < 1.29 is 17.9 Å². The van der Waals surface area contributed by atoms with Crippen molar-refractivity contribution in [1.82, 2.24) is 4.72 Å². The lowest BCUT2D eigenvalue weighted by Gasteiger charge is -2.06. The zero-order valence-corrected chi connectivity index (χ0v) is 10.00. The van der Waals surface area contributed by atoms with Crippen LogP contribution in [0, 0.1) is 0 Å². The summed E-state index contributed by atoms with van der Waals surface area (Å²) in [7, 11) is -3.12. The fraction of sp³-hybridized carbons (Fsp3) is 0.455. The molecule has 0 spiro atoms. The van der Waals surface area contributed by atoms with Crippen molar-refractivity contribution in [3.05, 3.63) is 23.8 Å². The first-order valence-corrected chi connectivity index (χ1v) is 7.07. The second-order valence-electron chi connectivity index (χ2n) is 4.25. The molecular formula is C11H13NO4S. The van der Waals surface area contributed by atoms with Gasteiger partial charge in [0.15, 0.2) is 11.5 Å². The van der Waals surface area contributed by atoms with Crippen LogP contribution >= 0.6 is 0 Å². The largest absolute Gasteiger partial charge is 0.454 e. The zero-order valence-electron chi connectivity index (χ0n) is 9.18. The standard InChI is InChI=1S/C11H13NO4S/c13-17(14,9-2-3-9)12-6-8-1-4-10-11(5-8)16-7-15-10/h1,4-5,9,12H,2-3,6-7H2. The van der Waals surface area contributed by atoms with Gasteiger partial charge in [0.05, 0.1) is 5.25 Å². The molecule has 92 valence electrons. The molecule has 1 aliphatic carbocycles. The Labute approximate surface area is 99.8 Å². The molecule has 1 aromatic rings. The summed E-state index contributed by atoms with van der Waals surface area (Å²) in [5.41, 5.74) is 0.874. The van der Waals surface area contributed by atoms with E-state index in [1.807, 2.05) is 6.07 Å². The van der Waals surface area contributed by atoms with Crippen LogP contribution in [-0.2, 0) is 16.6 Å². The number of ether oxygens (including phenoxy) is 2. The van der Waals surface area contributed by atoms with E-state index in [0.717, 1.165) is 18.4 Å². The number of fused-ring (bicyclic) bond motifs is 1. The van der Waals surface area contributed by atoms with Gasteiger partial charge in [-0.05, 0) is 30.5 Å². The molecular weight excluding hydrogens is 242 g/mol. The van der Waals surface area contributed by atoms with Crippen LogP contribution in [0.2, 0.25) is 0 Å². The second kappa shape index (κ2) is 3.89. The third-order valence-corrected chi connectivity index (χ3v) is 4.77. The summed E-state index contributed by atoms with van der Waals surface area (Å²) in [6.45, 7) is 0.530. The first-order valence-electron chi connectivity index (χ1n) is 5.52. The van der Waals surface area contributed by atoms with Crippen LogP contribution in [0.3, 0.4) is 0 Å². The number of nitrogens with one attached hydrogen (secondary N) is 1. The maximum atomic E-state index is 11.6. The maximum Gasteiger partial charge on any atom is 0.231 e. The van der Waals surface area contributed by atoms with Crippen LogP contribution in [0.1, 0.15) is 18.4 Å². The van der Waals surface area contributed by atoms with Gasteiger partial charge in [-0.3, -0.25) is 0 Å². The van der Waals surface area contributed by atoms with Gasteiger partial charge >= 0.3 is 0 Å². The van der Waals surface area contributed by atoms with E-state index >= 15 is 0 Å². The molecule has 1 fully saturated rings. The van der Waals surface area contributed by atoms with E-state index in [1.165, 1.54) is 0 Å². The molecule has 2 aliphatic rings. The topological polar surface area (TPSA) is 64.6 Å². The summed E-state index contributed by atoms with van der Waals surface area (Å²) in [5.74, 6) is 1.38. The Hall–Kier alpha value is -1.27. The molecule has 1 saturated carbocycles. The summed E-state index contributed by atoms with van der Waals surface area (Å²) in [4.78, 5) is 0. The molecule has 6 heteroatoms. The molecule has 0 amide bonds. The normalized spacial score (nSPS) is 18.4. The fourth-order valence-electron chi connectivity index (χ4n) is 1.73. The van der Waals surface area contributed by atoms with Crippen molar-refractivity contribution in [2.75, 3.05) is 6.79 Å². The lowest BCUT2D eigenvalue weighted by atomic mass is 10.2. The van der Waals surface area contributed by atoms with Crippen LogP contribution in [-0.4, -0.2) is 20.5 Å². The number of hydrogen-bond donors (Lipinski definition) is 1. The molecule has 1 aromatic carbocycles. The summed E-state index contributed by atoms with van der Waals surface area (Å²) >= 11 is 0. The Balaban J connectivity index is 1.69. The molecule has 0 unspecified atom stereocenters. The highest BCUT2D eigenvalue weighted by molar-refractivity contribution is 7.90. The van der Waals surface area contributed by atoms with Crippen LogP contribution in [0.4, 0.5) is 0 Å². The number of benzene rings is 1. The highest BCUT2D eigenvalue weighted by atomic mass is 32.2. The van der Waals surface area contributed by atoms with Gasteiger partial charge in [0.2, 0.25) is 16.8 Å². The Morgan fingerprint density at radius 3 is 2.76 bits per heavy atom. The third kappa shape index (κ3) is 2.23. The Morgan fingerprint density at radius 2 is 2.00 bits per heavy atom. The average molecular weight is 255 g/mol. The van der Waals surface area contributed by atoms with Gasteiger partial charge in [0, 0.05) is 6.54 Å². The Morgan fingerprint density at radius 1 is 1.24 bits per heavy atom. The average Bonchev–Trinajstić information content (AvgIpc) is 3.07. The summed E-state index contributed by atoms with van der Waals surface area (Å²) < 4.78 is 36.3. The molecule has 1 heterocycles. The van der Waals surface area contributed by atoms with E-state index in [2.05, 4.69) is 4.72 Å². The highest BCUT2D eigenvalue weighted by Crippen LogP contribution is 2.32. The van der Waals surface area contributed by atoms with E-state index < -0.39 is 10.0 Å². The van der Waals surface area contributed by atoms with Gasteiger partial charge in [-0.25, -0.2) is 13.1 Å². The van der Waals surface area contributed by atoms with E-state index in [-0.39, 0.29) is 12.0 Å². The maximum absolute atomic E-state index is 11.6. The van der Waals surface area contributed by atoms with Crippen molar-refractivity contribution in [2.45, 2.75) is 24.6 Å². The van der Waals surface area contributed by atoms with Gasteiger partial charge in [-0.15, -0.1) is 0 Å². The SMILES string of the molecule is O=S(=O)(NCc1ccc2c(c1)OCO2)C1CC1. The minimum atomic E-state index is -3.12. The fourth-order valence-corrected chi connectivity index (χ4v) is 3.09. The molecule has 1 aliphatic heterocycles. The monoisotopic (exact) mass is 255 g/mol. The molecule has 5 nitrogen and oxygen atoms in total. The predicted molar refractivity (Wildman–Crippen MR) is 61.3 cm³/mol. The van der Waals surface area contributed by atoms with Crippen LogP contribution < -0.4 is 14.2 Å². The molecule has 0 saturated heterocycles. The first-order chi connectivity index (χ1) is 8.15. The van der Waals surface area contributed by atoms with Crippen LogP contribution in [0.25, 0.3) is 0 Å². The molecule has 0 radical (unpaired) electrons. The van der Waals surface area contributed by atoms with E-state index in [1.54, 1.807) is 12.1 Å². The molecule has 0 atom stereocenters. The van der Waals surface area contributed by atoms with Gasteiger partial charge in [0.25, 0.3) is 0 Å². The molecule has 0 aromatic heterocycles. The summed E-state index contributed by atoms with van der Waals surface area (Å²) in [5, 5.41) is -0.184. The first kappa shape index (κ1) is 10.9. The minimum absolute atomic E-state index is 0.184. The lowest BCUT2D eigenvalue weighted by Crippen LogP contribution is -2.26. The number of hydrogen-bond acceptors (Lipinski definition) is 4. The number of rotatable bonds is 4. The second-order valence-corrected chi connectivity index (χ2v) is 6.30. The van der Waals surface area contributed by atoms with E-state index in [0.29, 0.717) is 18.0 Å². The quantitative estimate of drug-likeness (QED) is 0.871. The third-order valence-electron chi connectivity index (χ3n) is 2.88. The molecule has 0 bridgehead atoms. The number of sulfonamides is 1. The predicted octanol–water partition coefficient (Wildman–Crippen LogP) is 0.997. The van der Waals surface area contributed by atoms with Crippen molar-refractivity contribution >= 4 is 10.0 Å².